The van der Waals surface area contributed by atoms with Crippen LogP contribution in [0.3, 0.4) is 0 Å². The van der Waals surface area contributed by atoms with Gasteiger partial charge in [0.05, 0.1) is 18.5 Å². The van der Waals surface area contributed by atoms with E-state index in [2.05, 4.69) is 26.3 Å². The molecule has 0 spiro atoms. The maximum atomic E-state index is 11.8. The van der Waals surface area contributed by atoms with E-state index >= 15 is 0 Å². The number of anilines is 1. The molecule has 0 unspecified atom stereocenters. The van der Waals surface area contributed by atoms with Crippen LogP contribution in [0.2, 0.25) is 0 Å². The topological polar surface area (TPSA) is 56.1 Å². The Morgan fingerprint density at radius 2 is 2.05 bits per heavy atom. The quantitative estimate of drug-likeness (QED) is 0.869. The van der Waals surface area contributed by atoms with Crippen LogP contribution >= 0.6 is 15.9 Å². The van der Waals surface area contributed by atoms with E-state index in [0.717, 1.165) is 11.1 Å². The first-order valence-electron chi connectivity index (χ1n) is 6.73. The van der Waals surface area contributed by atoms with E-state index in [1.165, 1.54) is 4.68 Å². The molecule has 0 saturated heterocycles. The van der Waals surface area contributed by atoms with Gasteiger partial charge in [-0.3, -0.25) is 4.79 Å². The Bertz CT molecular complexity index is 670. The molecule has 0 bridgehead atoms. The van der Waals surface area contributed by atoms with E-state index in [1.807, 2.05) is 31.2 Å². The summed E-state index contributed by atoms with van der Waals surface area (Å²) in [5, 5.41) is 7.25. The zero-order valence-corrected chi connectivity index (χ0v) is 13.7. The van der Waals surface area contributed by atoms with E-state index in [9.17, 15) is 4.79 Å². The minimum atomic E-state index is -0.164. The van der Waals surface area contributed by atoms with Crippen molar-refractivity contribution in [2.24, 2.45) is 7.05 Å². The molecule has 21 heavy (non-hydrogen) atoms. The van der Waals surface area contributed by atoms with Crippen LogP contribution in [-0.2, 0) is 24.9 Å². The highest BCUT2D eigenvalue weighted by Crippen LogP contribution is 2.18. The summed E-state index contributed by atoms with van der Waals surface area (Å²) in [4.78, 5) is 11.8. The van der Waals surface area contributed by atoms with E-state index < -0.39 is 0 Å². The number of nitrogens with zero attached hydrogens (tertiary/aromatic N) is 2. The minimum absolute atomic E-state index is 0.164. The van der Waals surface area contributed by atoms with Crippen LogP contribution in [0.15, 0.2) is 39.7 Å². The average molecular weight is 352 g/mol. The third-order valence-corrected chi connectivity index (χ3v) is 3.89. The van der Waals surface area contributed by atoms with Crippen molar-refractivity contribution in [3.05, 3.63) is 56.4 Å². The summed E-state index contributed by atoms with van der Waals surface area (Å²) < 4.78 is 7.25. The van der Waals surface area contributed by atoms with Crippen molar-refractivity contribution in [1.82, 2.24) is 9.78 Å². The van der Waals surface area contributed by atoms with Crippen molar-refractivity contribution >= 4 is 21.6 Å². The molecule has 0 aliphatic heterocycles. The summed E-state index contributed by atoms with van der Waals surface area (Å²) in [6.07, 6.45) is 1.64. The van der Waals surface area contributed by atoms with Gasteiger partial charge in [-0.05, 0) is 34.0 Å². The van der Waals surface area contributed by atoms with Gasteiger partial charge in [-0.1, -0.05) is 24.3 Å². The number of aromatic nitrogens is 2. The molecular weight excluding hydrogens is 334 g/mol. The van der Waals surface area contributed by atoms with Gasteiger partial charge in [0.2, 0.25) is 0 Å². The molecule has 112 valence electrons. The fraction of sp³-hybridized carbons (Fsp3) is 0.333. The highest BCUT2D eigenvalue weighted by Gasteiger charge is 2.07. The lowest BCUT2D eigenvalue weighted by atomic mass is 10.1. The molecule has 6 heteroatoms. The van der Waals surface area contributed by atoms with Crippen molar-refractivity contribution < 1.29 is 4.74 Å². The van der Waals surface area contributed by atoms with Crippen molar-refractivity contribution in [3.63, 3.8) is 0 Å². The van der Waals surface area contributed by atoms with Gasteiger partial charge in [0.15, 0.2) is 0 Å². The molecule has 5 nitrogen and oxygen atoms in total. The first kappa shape index (κ1) is 15.7. The third-order valence-electron chi connectivity index (χ3n) is 3.13. The maximum absolute atomic E-state index is 11.8. The van der Waals surface area contributed by atoms with Crippen molar-refractivity contribution in [2.45, 2.75) is 20.1 Å². The number of hydrogen-bond acceptors (Lipinski definition) is 4. The van der Waals surface area contributed by atoms with Gasteiger partial charge in [-0.15, -0.1) is 0 Å². The summed E-state index contributed by atoms with van der Waals surface area (Å²) in [6, 6.07) is 8.07. The van der Waals surface area contributed by atoms with Crippen LogP contribution in [-0.4, -0.2) is 16.4 Å². The summed E-state index contributed by atoms with van der Waals surface area (Å²) in [7, 11) is 1.62. The highest BCUT2D eigenvalue weighted by atomic mass is 79.9. The number of rotatable bonds is 6. The molecule has 0 amide bonds. The molecule has 0 aliphatic rings. The van der Waals surface area contributed by atoms with Gasteiger partial charge in [-0.2, -0.15) is 5.10 Å². The predicted molar refractivity (Wildman–Crippen MR) is 86.3 cm³/mol. The zero-order valence-electron chi connectivity index (χ0n) is 12.1. The third kappa shape index (κ3) is 3.92. The van der Waals surface area contributed by atoms with E-state index in [4.69, 9.17) is 4.74 Å². The van der Waals surface area contributed by atoms with Crippen LogP contribution in [0.25, 0.3) is 0 Å². The number of aryl methyl sites for hydroxylation is 1. The van der Waals surface area contributed by atoms with Gasteiger partial charge in [0.1, 0.15) is 4.47 Å². The lowest BCUT2D eigenvalue weighted by molar-refractivity contribution is 0.133. The van der Waals surface area contributed by atoms with E-state index in [-0.39, 0.29) is 5.56 Å². The lowest BCUT2D eigenvalue weighted by Gasteiger charge is -2.12. The Labute approximate surface area is 132 Å². The molecule has 1 N–H and O–H groups in total. The summed E-state index contributed by atoms with van der Waals surface area (Å²) in [5.41, 5.74) is 2.80. The molecule has 0 fully saturated rings. The predicted octanol–water partition coefficient (Wildman–Crippen LogP) is 2.69. The maximum Gasteiger partial charge on any atom is 0.282 e. The zero-order chi connectivity index (χ0) is 15.2. The first-order chi connectivity index (χ1) is 10.1. The molecule has 1 aromatic carbocycles. The highest BCUT2D eigenvalue weighted by molar-refractivity contribution is 9.10. The molecule has 0 radical (unpaired) electrons. The molecule has 0 atom stereocenters. The first-order valence-corrected chi connectivity index (χ1v) is 7.53. The monoisotopic (exact) mass is 351 g/mol. The molecule has 2 aromatic rings. The van der Waals surface area contributed by atoms with Gasteiger partial charge < -0.3 is 10.1 Å². The van der Waals surface area contributed by atoms with Crippen LogP contribution < -0.4 is 10.9 Å². The number of benzene rings is 1. The van der Waals surface area contributed by atoms with Crippen LogP contribution in [0, 0.1) is 0 Å². The molecule has 1 aromatic heterocycles. The largest absolute Gasteiger partial charge is 0.379 e. The summed E-state index contributed by atoms with van der Waals surface area (Å²) in [6.45, 7) is 3.86. The van der Waals surface area contributed by atoms with Crippen molar-refractivity contribution in [2.75, 3.05) is 11.9 Å². The lowest BCUT2D eigenvalue weighted by Crippen LogP contribution is -2.21. The molecule has 2 rings (SSSR count). The Balaban J connectivity index is 2.13. The van der Waals surface area contributed by atoms with Crippen LogP contribution in [0.1, 0.15) is 18.1 Å². The second kappa shape index (κ2) is 7.38. The summed E-state index contributed by atoms with van der Waals surface area (Å²) in [5.74, 6) is 0. The fourth-order valence-electron chi connectivity index (χ4n) is 1.91. The second-order valence-electron chi connectivity index (χ2n) is 4.56. The smallest absolute Gasteiger partial charge is 0.282 e. The number of ether oxygens (including phenoxy) is 1. The number of hydrogen-bond donors (Lipinski definition) is 1. The Morgan fingerprint density at radius 3 is 2.76 bits per heavy atom. The SMILES string of the molecule is CCOCc1ccccc1CNc1cnn(C)c(=O)c1Br. The Kier molecular flexibility index (Phi) is 5.52. The Hall–Kier alpha value is -1.66. The second-order valence-corrected chi connectivity index (χ2v) is 5.35. The number of halogens is 1. The normalized spacial score (nSPS) is 10.6. The standard InChI is InChI=1S/C15H18BrN3O2/c1-3-21-10-12-7-5-4-6-11(12)8-17-13-9-18-19(2)15(20)14(13)16/h4-7,9,17H,3,8,10H2,1-2H3. The molecule has 0 saturated carbocycles. The molecule has 0 aliphatic carbocycles. The molecular formula is C15H18BrN3O2. The van der Waals surface area contributed by atoms with Crippen molar-refractivity contribution in [3.8, 4) is 0 Å². The van der Waals surface area contributed by atoms with Crippen LogP contribution in [0.5, 0.6) is 0 Å². The summed E-state index contributed by atoms with van der Waals surface area (Å²) >= 11 is 3.30. The van der Waals surface area contributed by atoms with E-state index in [1.54, 1.807) is 13.2 Å². The molecule has 1 heterocycles. The van der Waals surface area contributed by atoms with E-state index in [0.29, 0.717) is 29.9 Å². The minimum Gasteiger partial charge on any atom is -0.379 e. The van der Waals surface area contributed by atoms with Gasteiger partial charge in [0.25, 0.3) is 5.56 Å². The fourth-order valence-corrected chi connectivity index (χ4v) is 2.41. The van der Waals surface area contributed by atoms with Crippen molar-refractivity contribution in [1.29, 1.82) is 0 Å². The van der Waals surface area contributed by atoms with Crippen LogP contribution in [0.4, 0.5) is 5.69 Å². The average Bonchev–Trinajstić information content (AvgIpc) is 2.51. The van der Waals surface area contributed by atoms with Gasteiger partial charge >= 0.3 is 0 Å². The van der Waals surface area contributed by atoms with Gasteiger partial charge in [0, 0.05) is 20.2 Å². The Morgan fingerprint density at radius 1 is 1.33 bits per heavy atom. The van der Waals surface area contributed by atoms with Gasteiger partial charge in [-0.25, -0.2) is 4.68 Å². The number of nitrogens with one attached hydrogen (secondary N) is 1.